The van der Waals surface area contributed by atoms with Crippen LogP contribution in [-0.2, 0) is 16.1 Å². The number of carbonyl (C=O) groups excluding carboxylic acids is 2. The first-order chi connectivity index (χ1) is 12.5. The third-order valence-corrected chi connectivity index (χ3v) is 3.94. The molecule has 26 heavy (non-hydrogen) atoms. The summed E-state index contributed by atoms with van der Waals surface area (Å²) >= 11 is 0. The lowest BCUT2D eigenvalue weighted by Crippen LogP contribution is -2.20. The topological polar surface area (TPSA) is 85.3 Å². The predicted molar refractivity (Wildman–Crippen MR) is 100 cm³/mol. The van der Waals surface area contributed by atoms with Crippen LogP contribution in [0, 0.1) is 6.92 Å². The quantitative estimate of drug-likeness (QED) is 0.739. The Labute approximate surface area is 151 Å². The monoisotopic (exact) mass is 352 g/mol. The van der Waals surface area contributed by atoms with Crippen LogP contribution in [0.4, 0.5) is 11.4 Å². The number of amides is 2. The van der Waals surface area contributed by atoms with Crippen molar-refractivity contribution in [1.29, 1.82) is 0 Å². The number of fused-ring (bicyclic) bond motifs is 1. The van der Waals surface area contributed by atoms with Crippen molar-refractivity contribution >= 4 is 34.2 Å². The van der Waals surface area contributed by atoms with E-state index in [1.54, 1.807) is 18.2 Å². The number of hydrogen-bond acceptors (Lipinski definition) is 4. The standard InChI is InChI=1S/C19H20N4O3/c1-12-20-15-6-4-5-7-17(15)23(12)11-19(25)22-16-10-14(21-13(2)24)8-9-18(16)26-3/h4-10H,11H2,1-3H3,(H,21,24)(H,22,25). The van der Waals surface area contributed by atoms with Crippen molar-refractivity contribution in [2.75, 3.05) is 17.7 Å². The minimum absolute atomic E-state index is 0.125. The molecule has 0 aliphatic rings. The number of nitrogens with zero attached hydrogens (tertiary/aromatic N) is 2. The van der Waals surface area contributed by atoms with Crippen LogP contribution >= 0.6 is 0 Å². The van der Waals surface area contributed by atoms with Gasteiger partial charge in [0.1, 0.15) is 18.1 Å². The van der Waals surface area contributed by atoms with Crippen LogP contribution in [0.1, 0.15) is 12.7 Å². The lowest BCUT2D eigenvalue weighted by Gasteiger charge is -2.13. The van der Waals surface area contributed by atoms with E-state index in [0.29, 0.717) is 17.1 Å². The zero-order chi connectivity index (χ0) is 18.7. The van der Waals surface area contributed by atoms with Gasteiger partial charge in [-0.05, 0) is 37.3 Å². The van der Waals surface area contributed by atoms with Crippen LogP contribution < -0.4 is 15.4 Å². The highest BCUT2D eigenvalue weighted by Gasteiger charge is 2.13. The van der Waals surface area contributed by atoms with Gasteiger partial charge in [0.2, 0.25) is 11.8 Å². The van der Waals surface area contributed by atoms with Gasteiger partial charge in [-0.2, -0.15) is 0 Å². The van der Waals surface area contributed by atoms with Gasteiger partial charge in [0.05, 0.1) is 23.8 Å². The average Bonchev–Trinajstić information content (AvgIpc) is 2.90. The van der Waals surface area contributed by atoms with E-state index in [1.165, 1.54) is 14.0 Å². The summed E-state index contributed by atoms with van der Waals surface area (Å²) in [5.74, 6) is 0.877. The fraction of sp³-hybridized carbons (Fsp3) is 0.211. The van der Waals surface area contributed by atoms with Gasteiger partial charge in [0, 0.05) is 12.6 Å². The van der Waals surface area contributed by atoms with Gasteiger partial charge in [0.25, 0.3) is 0 Å². The maximum atomic E-state index is 12.6. The van der Waals surface area contributed by atoms with Crippen LogP contribution in [-0.4, -0.2) is 28.5 Å². The first-order valence-electron chi connectivity index (χ1n) is 8.15. The van der Waals surface area contributed by atoms with E-state index < -0.39 is 0 Å². The summed E-state index contributed by atoms with van der Waals surface area (Å²) in [4.78, 5) is 28.3. The van der Waals surface area contributed by atoms with Crippen molar-refractivity contribution < 1.29 is 14.3 Å². The number of anilines is 2. The van der Waals surface area contributed by atoms with Gasteiger partial charge < -0.3 is 19.9 Å². The number of carbonyl (C=O) groups is 2. The molecule has 1 aromatic heterocycles. The van der Waals surface area contributed by atoms with Crippen molar-refractivity contribution in [3.63, 3.8) is 0 Å². The Morgan fingerprint density at radius 3 is 2.65 bits per heavy atom. The summed E-state index contributed by atoms with van der Waals surface area (Å²) in [5, 5.41) is 5.53. The summed E-state index contributed by atoms with van der Waals surface area (Å²) in [6, 6.07) is 12.7. The lowest BCUT2D eigenvalue weighted by molar-refractivity contribution is -0.116. The largest absolute Gasteiger partial charge is 0.495 e. The van der Waals surface area contributed by atoms with E-state index >= 15 is 0 Å². The number of hydrogen-bond donors (Lipinski definition) is 2. The zero-order valence-corrected chi connectivity index (χ0v) is 14.9. The van der Waals surface area contributed by atoms with Crippen LogP contribution in [0.3, 0.4) is 0 Å². The first kappa shape index (κ1) is 17.5. The third-order valence-electron chi connectivity index (χ3n) is 3.94. The molecule has 7 heteroatoms. The molecule has 134 valence electrons. The van der Waals surface area contributed by atoms with E-state index in [0.717, 1.165) is 16.9 Å². The summed E-state index contributed by atoms with van der Waals surface area (Å²) in [5.41, 5.74) is 2.82. The molecule has 2 amide bonds. The van der Waals surface area contributed by atoms with Crippen molar-refractivity contribution in [2.24, 2.45) is 0 Å². The number of imidazole rings is 1. The Kier molecular flexibility index (Phi) is 4.88. The van der Waals surface area contributed by atoms with Crippen molar-refractivity contribution in [2.45, 2.75) is 20.4 Å². The number of aryl methyl sites for hydroxylation is 1. The Bertz CT molecular complexity index is 978. The normalized spacial score (nSPS) is 10.6. The van der Waals surface area contributed by atoms with Gasteiger partial charge in [-0.3, -0.25) is 9.59 Å². The molecule has 0 saturated carbocycles. The molecule has 0 saturated heterocycles. The Morgan fingerprint density at radius 1 is 1.15 bits per heavy atom. The number of para-hydroxylation sites is 2. The smallest absolute Gasteiger partial charge is 0.244 e. The highest BCUT2D eigenvalue weighted by molar-refractivity contribution is 5.95. The highest BCUT2D eigenvalue weighted by atomic mass is 16.5. The fourth-order valence-electron chi connectivity index (χ4n) is 2.82. The zero-order valence-electron chi connectivity index (χ0n) is 14.9. The molecule has 1 heterocycles. The van der Waals surface area contributed by atoms with E-state index in [4.69, 9.17) is 4.74 Å². The Morgan fingerprint density at radius 2 is 1.92 bits per heavy atom. The average molecular weight is 352 g/mol. The number of nitrogens with one attached hydrogen (secondary N) is 2. The molecule has 7 nitrogen and oxygen atoms in total. The molecule has 3 aromatic rings. The number of rotatable bonds is 5. The summed E-state index contributed by atoms with van der Waals surface area (Å²) in [6.45, 7) is 3.42. The fourth-order valence-corrected chi connectivity index (χ4v) is 2.82. The molecule has 0 fully saturated rings. The molecule has 0 aliphatic carbocycles. The lowest BCUT2D eigenvalue weighted by atomic mass is 10.2. The van der Waals surface area contributed by atoms with Crippen LogP contribution in [0.15, 0.2) is 42.5 Å². The van der Waals surface area contributed by atoms with Crippen molar-refractivity contribution in [3.05, 3.63) is 48.3 Å². The molecule has 0 spiro atoms. The van der Waals surface area contributed by atoms with Gasteiger partial charge in [-0.25, -0.2) is 4.98 Å². The number of aromatic nitrogens is 2. The van der Waals surface area contributed by atoms with E-state index in [1.807, 2.05) is 35.8 Å². The second-order valence-corrected chi connectivity index (χ2v) is 5.88. The predicted octanol–water partition coefficient (Wildman–Crippen LogP) is 2.95. The molecular formula is C19H20N4O3. The third kappa shape index (κ3) is 3.66. The Balaban J connectivity index is 1.83. The van der Waals surface area contributed by atoms with E-state index in [-0.39, 0.29) is 18.4 Å². The van der Waals surface area contributed by atoms with Gasteiger partial charge in [-0.1, -0.05) is 12.1 Å². The number of methoxy groups -OCH3 is 1. The maximum absolute atomic E-state index is 12.6. The summed E-state index contributed by atoms with van der Waals surface area (Å²) < 4.78 is 7.14. The minimum atomic E-state index is -0.213. The van der Waals surface area contributed by atoms with Crippen LogP contribution in [0.2, 0.25) is 0 Å². The molecule has 3 rings (SSSR count). The maximum Gasteiger partial charge on any atom is 0.244 e. The Hall–Kier alpha value is -3.35. The molecule has 0 radical (unpaired) electrons. The second kappa shape index (κ2) is 7.26. The minimum Gasteiger partial charge on any atom is -0.495 e. The van der Waals surface area contributed by atoms with Gasteiger partial charge in [-0.15, -0.1) is 0 Å². The molecule has 2 N–H and O–H groups in total. The van der Waals surface area contributed by atoms with Crippen LogP contribution in [0.5, 0.6) is 5.75 Å². The van der Waals surface area contributed by atoms with Gasteiger partial charge in [0.15, 0.2) is 0 Å². The van der Waals surface area contributed by atoms with Crippen molar-refractivity contribution in [1.82, 2.24) is 9.55 Å². The van der Waals surface area contributed by atoms with Crippen LogP contribution in [0.25, 0.3) is 11.0 Å². The number of benzene rings is 2. The molecule has 0 aliphatic heterocycles. The SMILES string of the molecule is COc1ccc(NC(C)=O)cc1NC(=O)Cn1c(C)nc2ccccc21. The second-order valence-electron chi connectivity index (χ2n) is 5.88. The summed E-state index contributed by atoms with van der Waals surface area (Å²) in [6.07, 6.45) is 0. The molecule has 0 unspecified atom stereocenters. The van der Waals surface area contributed by atoms with E-state index in [2.05, 4.69) is 15.6 Å². The molecular weight excluding hydrogens is 332 g/mol. The number of ether oxygens (including phenoxy) is 1. The molecule has 0 bridgehead atoms. The summed E-state index contributed by atoms with van der Waals surface area (Å²) in [7, 11) is 1.52. The van der Waals surface area contributed by atoms with Gasteiger partial charge >= 0.3 is 0 Å². The van der Waals surface area contributed by atoms with E-state index in [9.17, 15) is 9.59 Å². The highest BCUT2D eigenvalue weighted by Crippen LogP contribution is 2.28. The van der Waals surface area contributed by atoms with Crippen molar-refractivity contribution in [3.8, 4) is 5.75 Å². The molecule has 0 atom stereocenters. The molecule has 2 aromatic carbocycles. The first-order valence-corrected chi connectivity index (χ1v) is 8.15.